The number of benzene rings is 1. The summed E-state index contributed by atoms with van der Waals surface area (Å²) in [6.07, 6.45) is 7.65. The van der Waals surface area contributed by atoms with Crippen LogP contribution in [0.3, 0.4) is 0 Å². The Labute approximate surface area is 129 Å². The lowest BCUT2D eigenvalue weighted by Crippen LogP contribution is -2.52. The molecular formula is C19H29NO. The summed E-state index contributed by atoms with van der Waals surface area (Å²) in [6, 6.07) is 9.07. The second-order valence-electron chi connectivity index (χ2n) is 7.09. The SMILES string of the molecule is CCCc1ccc(C2CNCC3(CCC(C)CC3)O2)cc1. The average molecular weight is 287 g/mol. The van der Waals surface area contributed by atoms with Gasteiger partial charge in [0.1, 0.15) is 0 Å². The van der Waals surface area contributed by atoms with E-state index in [9.17, 15) is 0 Å². The highest BCUT2D eigenvalue weighted by molar-refractivity contribution is 5.25. The minimum Gasteiger partial charge on any atom is -0.364 e. The monoisotopic (exact) mass is 287 g/mol. The van der Waals surface area contributed by atoms with Crippen LogP contribution in [0.25, 0.3) is 0 Å². The molecule has 1 heterocycles. The Hall–Kier alpha value is -0.860. The Morgan fingerprint density at radius 1 is 1.19 bits per heavy atom. The average Bonchev–Trinajstić information content (AvgIpc) is 2.52. The second kappa shape index (κ2) is 6.50. The Morgan fingerprint density at radius 3 is 2.57 bits per heavy atom. The van der Waals surface area contributed by atoms with Crippen LogP contribution in [0.1, 0.15) is 63.2 Å². The molecule has 1 unspecified atom stereocenters. The van der Waals surface area contributed by atoms with Gasteiger partial charge < -0.3 is 10.1 Å². The maximum atomic E-state index is 6.59. The summed E-state index contributed by atoms with van der Waals surface area (Å²) in [5.41, 5.74) is 2.86. The summed E-state index contributed by atoms with van der Waals surface area (Å²) in [5, 5.41) is 3.62. The predicted molar refractivity (Wildman–Crippen MR) is 87.5 cm³/mol. The van der Waals surface area contributed by atoms with Gasteiger partial charge in [-0.05, 0) is 49.1 Å². The fourth-order valence-corrected chi connectivity index (χ4v) is 3.77. The molecule has 2 heteroatoms. The third-order valence-electron chi connectivity index (χ3n) is 5.24. The number of hydrogen-bond acceptors (Lipinski definition) is 2. The third-order valence-corrected chi connectivity index (χ3v) is 5.24. The van der Waals surface area contributed by atoms with E-state index in [4.69, 9.17) is 4.74 Å². The summed E-state index contributed by atoms with van der Waals surface area (Å²) in [4.78, 5) is 0. The van der Waals surface area contributed by atoms with Crippen LogP contribution < -0.4 is 5.32 Å². The van der Waals surface area contributed by atoms with Crippen molar-refractivity contribution < 1.29 is 4.74 Å². The van der Waals surface area contributed by atoms with Crippen LogP contribution in [0.4, 0.5) is 0 Å². The van der Waals surface area contributed by atoms with E-state index < -0.39 is 0 Å². The minimum atomic E-state index is 0.0948. The molecule has 1 saturated carbocycles. The first kappa shape index (κ1) is 15.1. The van der Waals surface area contributed by atoms with Crippen molar-refractivity contribution in [3.05, 3.63) is 35.4 Å². The molecule has 1 aromatic carbocycles. The van der Waals surface area contributed by atoms with E-state index in [-0.39, 0.29) is 11.7 Å². The number of nitrogens with one attached hydrogen (secondary N) is 1. The van der Waals surface area contributed by atoms with Gasteiger partial charge in [0.2, 0.25) is 0 Å². The van der Waals surface area contributed by atoms with E-state index in [0.29, 0.717) is 0 Å². The van der Waals surface area contributed by atoms with Gasteiger partial charge in [-0.3, -0.25) is 0 Å². The highest BCUT2D eigenvalue weighted by Gasteiger charge is 2.40. The van der Waals surface area contributed by atoms with Gasteiger partial charge in [0.05, 0.1) is 11.7 Å². The van der Waals surface area contributed by atoms with Crippen molar-refractivity contribution in [3.8, 4) is 0 Å². The van der Waals surface area contributed by atoms with Crippen LogP contribution in [0.5, 0.6) is 0 Å². The molecule has 0 radical (unpaired) electrons. The topological polar surface area (TPSA) is 21.3 Å². The van der Waals surface area contributed by atoms with E-state index in [2.05, 4.69) is 43.4 Å². The molecule has 1 spiro atoms. The fourth-order valence-electron chi connectivity index (χ4n) is 3.77. The predicted octanol–water partition coefficient (Wildman–Crippen LogP) is 4.25. The van der Waals surface area contributed by atoms with Crippen LogP contribution in [0.2, 0.25) is 0 Å². The highest BCUT2D eigenvalue weighted by atomic mass is 16.5. The van der Waals surface area contributed by atoms with Gasteiger partial charge in [0.15, 0.2) is 0 Å². The molecule has 0 bridgehead atoms. The maximum absolute atomic E-state index is 6.59. The van der Waals surface area contributed by atoms with Gasteiger partial charge in [0.25, 0.3) is 0 Å². The number of ether oxygens (including phenoxy) is 1. The molecular weight excluding hydrogens is 258 g/mol. The first-order chi connectivity index (χ1) is 10.2. The van der Waals surface area contributed by atoms with Crippen LogP contribution in [-0.4, -0.2) is 18.7 Å². The smallest absolute Gasteiger partial charge is 0.0957 e. The summed E-state index contributed by atoms with van der Waals surface area (Å²) >= 11 is 0. The van der Waals surface area contributed by atoms with E-state index >= 15 is 0 Å². The molecule has 1 N–H and O–H groups in total. The second-order valence-corrected chi connectivity index (χ2v) is 7.09. The Bertz CT molecular complexity index is 445. The highest BCUT2D eigenvalue weighted by Crippen LogP contribution is 2.39. The van der Waals surface area contributed by atoms with Gasteiger partial charge in [-0.1, -0.05) is 44.5 Å². The van der Waals surface area contributed by atoms with Crippen LogP contribution in [0, 0.1) is 5.92 Å². The molecule has 21 heavy (non-hydrogen) atoms. The number of hydrogen-bond donors (Lipinski definition) is 1. The first-order valence-corrected chi connectivity index (χ1v) is 8.68. The Morgan fingerprint density at radius 2 is 1.90 bits per heavy atom. The van der Waals surface area contributed by atoms with E-state index in [1.807, 2.05) is 0 Å². The molecule has 1 atom stereocenters. The maximum Gasteiger partial charge on any atom is 0.0957 e. The van der Waals surface area contributed by atoms with Gasteiger partial charge in [-0.15, -0.1) is 0 Å². The van der Waals surface area contributed by atoms with Gasteiger partial charge in [-0.25, -0.2) is 0 Å². The number of rotatable bonds is 3. The lowest BCUT2D eigenvalue weighted by atomic mass is 9.78. The van der Waals surface area contributed by atoms with Crippen molar-refractivity contribution in [2.45, 2.75) is 64.1 Å². The normalized spacial score (nSPS) is 33.2. The molecule has 2 fully saturated rings. The Balaban J connectivity index is 1.68. The zero-order valence-corrected chi connectivity index (χ0v) is 13.5. The molecule has 2 aliphatic rings. The van der Waals surface area contributed by atoms with Gasteiger partial charge >= 0.3 is 0 Å². The van der Waals surface area contributed by atoms with Crippen molar-refractivity contribution in [2.24, 2.45) is 5.92 Å². The van der Waals surface area contributed by atoms with Gasteiger partial charge in [-0.2, -0.15) is 0 Å². The zero-order chi connectivity index (χ0) is 14.7. The van der Waals surface area contributed by atoms with E-state index in [1.54, 1.807) is 0 Å². The lowest BCUT2D eigenvalue weighted by Gasteiger charge is -2.45. The standard InChI is InChI=1S/C19H29NO/c1-3-4-16-5-7-17(8-6-16)18-13-20-14-19(21-18)11-9-15(2)10-12-19/h5-8,15,18,20H,3-4,9-14H2,1-2H3. The minimum absolute atomic E-state index is 0.0948. The third kappa shape index (κ3) is 3.49. The molecule has 1 saturated heterocycles. The molecule has 1 aliphatic heterocycles. The van der Waals surface area contributed by atoms with Crippen LogP contribution in [-0.2, 0) is 11.2 Å². The van der Waals surface area contributed by atoms with Gasteiger partial charge in [0, 0.05) is 13.1 Å². The summed E-state index contributed by atoms with van der Waals surface area (Å²) in [7, 11) is 0. The van der Waals surface area contributed by atoms with Crippen molar-refractivity contribution in [1.29, 1.82) is 0 Å². The van der Waals surface area contributed by atoms with E-state index in [1.165, 1.54) is 49.7 Å². The molecule has 0 aromatic heterocycles. The zero-order valence-electron chi connectivity index (χ0n) is 13.5. The molecule has 2 nitrogen and oxygen atoms in total. The van der Waals surface area contributed by atoms with Crippen molar-refractivity contribution >= 4 is 0 Å². The van der Waals surface area contributed by atoms with Crippen molar-refractivity contribution in [2.75, 3.05) is 13.1 Å². The first-order valence-electron chi connectivity index (χ1n) is 8.68. The Kier molecular flexibility index (Phi) is 4.66. The van der Waals surface area contributed by atoms with E-state index in [0.717, 1.165) is 19.0 Å². The quantitative estimate of drug-likeness (QED) is 0.897. The van der Waals surface area contributed by atoms with Crippen molar-refractivity contribution in [1.82, 2.24) is 5.32 Å². The van der Waals surface area contributed by atoms with Crippen LogP contribution >= 0.6 is 0 Å². The molecule has 1 aliphatic carbocycles. The van der Waals surface area contributed by atoms with Crippen molar-refractivity contribution in [3.63, 3.8) is 0 Å². The fraction of sp³-hybridized carbons (Fsp3) is 0.684. The molecule has 3 rings (SSSR count). The molecule has 1 aromatic rings. The van der Waals surface area contributed by atoms with Crippen LogP contribution in [0.15, 0.2) is 24.3 Å². The largest absolute Gasteiger partial charge is 0.364 e. The molecule has 0 amide bonds. The summed E-state index contributed by atoms with van der Waals surface area (Å²) < 4.78 is 6.59. The number of morpholine rings is 1. The summed E-state index contributed by atoms with van der Waals surface area (Å²) in [6.45, 7) is 6.58. The summed E-state index contributed by atoms with van der Waals surface area (Å²) in [5.74, 6) is 0.868. The number of aryl methyl sites for hydroxylation is 1. The molecule has 116 valence electrons. The lowest BCUT2D eigenvalue weighted by molar-refractivity contribution is -0.140.